The lowest BCUT2D eigenvalue weighted by molar-refractivity contribution is 0.0696. The maximum Gasteiger partial charge on any atom is 0.338 e. The number of furan rings is 1. The van der Waals surface area contributed by atoms with Gasteiger partial charge in [0.25, 0.3) is 0 Å². The Morgan fingerprint density at radius 3 is 3.11 bits per heavy atom. The third-order valence-electron chi connectivity index (χ3n) is 2.60. The first-order valence-corrected chi connectivity index (χ1v) is 6.44. The summed E-state index contributed by atoms with van der Waals surface area (Å²) >= 11 is 1.44. The van der Waals surface area contributed by atoms with Crippen molar-refractivity contribution >= 4 is 17.7 Å². The summed E-state index contributed by atoms with van der Waals surface area (Å²) in [4.78, 5) is 10.7. The lowest BCUT2D eigenvalue weighted by Gasteiger charge is -1.99. The number of aromatic nitrogens is 4. The molecule has 1 N–H and O–H groups in total. The van der Waals surface area contributed by atoms with Crippen molar-refractivity contribution < 1.29 is 14.3 Å². The molecular formula is C10H10N4O3S. The highest BCUT2D eigenvalue weighted by molar-refractivity contribution is 7.98. The molecule has 7 nitrogen and oxygen atoms in total. The van der Waals surface area contributed by atoms with Crippen molar-refractivity contribution in [2.24, 2.45) is 0 Å². The zero-order valence-electron chi connectivity index (χ0n) is 9.31. The molecule has 0 saturated heterocycles. The Kier molecular flexibility index (Phi) is 2.78. The van der Waals surface area contributed by atoms with Gasteiger partial charge in [-0.25, -0.2) is 9.48 Å². The minimum Gasteiger partial charge on any atom is -0.478 e. The van der Waals surface area contributed by atoms with Gasteiger partial charge in [-0.3, -0.25) is 0 Å². The number of thioether (sulfide) groups is 1. The molecule has 0 aromatic carbocycles. The average molecular weight is 266 g/mol. The quantitative estimate of drug-likeness (QED) is 0.821. The molecule has 0 spiro atoms. The summed E-state index contributed by atoms with van der Waals surface area (Å²) in [7, 11) is 0. The highest BCUT2D eigenvalue weighted by Crippen LogP contribution is 2.36. The van der Waals surface area contributed by atoms with Crippen LogP contribution in [0.5, 0.6) is 0 Å². The molecular weight excluding hydrogens is 256 g/mol. The van der Waals surface area contributed by atoms with E-state index in [0.29, 0.717) is 17.6 Å². The van der Waals surface area contributed by atoms with Crippen LogP contribution in [-0.4, -0.2) is 31.3 Å². The molecule has 0 unspecified atom stereocenters. The fourth-order valence-corrected chi connectivity index (χ4v) is 2.37. The van der Waals surface area contributed by atoms with Crippen LogP contribution in [0.1, 0.15) is 35.0 Å². The number of tetrazole rings is 1. The van der Waals surface area contributed by atoms with E-state index in [0.717, 1.165) is 18.0 Å². The zero-order chi connectivity index (χ0) is 12.5. The van der Waals surface area contributed by atoms with E-state index in [1.807, 2.05) is 4.68 Å². The SMILES string of the molecule is O=C(O)c1coc(CSc2nnnn2C2CC2)c1. The molecule has 2 heterocycles. The van der Waals surface area contributed by atoms with E-state index in [1.165, 1.54) is 24.1 Å². The van der Waals surface area contributed by atoms with Crippen molar-refractivity contribution in [3.8, 4) is 0 Å². The highest BCUT2D eigenvalue weighted by Gasteiger charge is 2.27. The number of rotatable bonds is 5. The molecule has 3 rings (SSSR count). The molecule has 18 heavy (non-hydrogen) atoms. The molecule has 0 radical (unpaired) electrons. The molecule has 0 amide bonds. The molecule has 1 fully saturated rings. The number of hydrogen-bond donors (Lipinski definition) is 1. The van der Waals surface area contributed by atoms with Crippen molar-refractivity contribution in [2.45, 2.75) is 29.8 Å². The predicted octanol–water partition coefficient (Wildman–Crippen LogP) is 1.59. The highest BCUT2D eigenvalue weighted by atomic mass is 32.2. The topological polar surface area (TPSA) is 94.0 Å². The number of carboxylic acid groups (broad SMARTS) is 1. The second-order valence-corrected chi connectivity index (χ2v) is 4.98. The Morgan fingerprint density at radius 2 is 2.44 bits per heavy atom. The van der Waals surface area contributed by atoms with Crippen LogP contribution < -0.4 is 0 Å². The molecule has 1 saturated carbocycles. The van der Waals surface area contributed by atoms with Crippen LogP contribution in [0.2, 0.25) is 0 Å². The number of hydrogen-bond acceptors (Lipinski definition) is 6. The predicted molar refractivity (Wildman–Crippen MR) is 61.3 cm³/mol. The van der Waals surface area contributed by atoms with Gasteiger partial charge in [-0.1, -0.05) is 11.8 Å². The Balaban J connectivity index is 1.66. The Bertz CT molecular complexity index is 575. The Morgan fingerprint density at radius 1 is 1.61 bits per heavy atom. The fourth-order valence-electron chi connectivity index (χ4n) is 1.53. The minimum absolute atomic E-state index is 0.160. The van der Waals surface area contributed by atoms with E-state index in [1.54, 1.807) is 0 Å². The first-order valence-electron chi connectivity index (χ1n) is 5.45. The number of nitrogens with zero attached hydrogens (tertiary/aromatic N) is 4. The molecule has 2 aromatic heterocycles. The lowest BCUT2D eigenvalue weighted by Crippen LogP contribution is -1.98. The van der Waals surface area contributed by atoms with Crippen molar-refractivity contribution in [1.29, 1.82) is 0 Å². The van der Waals surface area contributed by atoms with Crippen LogP contribution in [0, 0.1) is 0 Å². The summed E-state index contributed by atoms with van der Waals surface area (Å²) in [6, 6.07) is 1.94. The van der Waals surface area contributed by atoms with E-state index < -0.39 is 5.97 Å². The maximum atomic E-state index is 10.7. The van der Waals surface area contributed by atoms with Crippen LogP contribution in [0.3, 0.4) is 0 Å². The van der Waals surface area contributed by atoms with Crippen molar-refractivity contribution in [3.05, 3.63) is 23.7 Å². The van der Waals surface area contributed by atoms with Crippen molar-refractivity contribution in [1.82, 2.24) is 20.2 Å². The van der Waals surface area contributed by atoms with Crippen LogP contribution in [0.4, 0.5) is 0 Å². The van der Waals surface area contributed by atoms with E-state index in [-0.39, 0.29) is 5.56 Å². The van der Waals surface area contributed by atoms with Gasteiger partial charge in [-0.15, -0.1) is 5.10 Å². The normalized spacial score (nSPS) is 14.9. The van der Waals surface area contributed by atoms with Gasteiger partial charge in [0.1, 0.15) is 12.0 Å². The van der Waals surface area contributed by atoms with E-state index in [2.05, 4.69) is 15.5 Å². The monoisotopic (exact) mass is 266 g/mol. The number of carbonyl (C=O) groups is 1. The first kappa shape index (κ1) is 11.3. The van der Waals surface area contributed by atoms with Gasteiger partial charge in [-0.2, -0.15) is 0 Å². The molecule has 0 atom stereocenters. The molecule has 94 valence electrons. The first-order chi connectivity index (χ1) is 8.74. The molecule has 8 heteroatoms. The third kappa shape index (κ3) is 2.23. The standard InChI is InChI=1S/C10H10N4O3S/c15-9(16)6-3-8(17-4-6)5-18-10-11-12-13-14(10)7-1-2-7/h3-4,7H,1-2,5H2,(H,15,16). The maximum absolute atomic E-state index is 10.7. The molecule has 0 bridgehead atoms. The largest absolute Gasteiger partial charge is 0.478 e. The smallest absolute Gasteiger partial charge is 0.338 e. The van der Waals surface area contributed by atoms with Gasteiger partial charge < -0.3 is 9.52 Å². The number of aromatic carboxylic acids is 1. The Hall–Kier alpha value is -1.83. The van der Waals surface area contributed by atoms with Gasteiger partial charge in [0.15, 0.2) is 0 Å². The van der Waals surface area contributed by atoms with E-state index in [4.69, 9.17) is 9.52 Å². The summed E-state index contributed by atoms with van der Waals surface area (Å²) in [5.74, 6) is 0.126. The van der Waals surface area contributed by atoms with Gasteiger partial charge in [0, 0.05) is 0 Å². The molecule has 1 aliphatic carbocycles. The van der Waals surface area contributed by atoms with Crippen molar-refractivity contribution in [3.63, 3.8) is 0 Å². The summed E-state index contributed by atoms with van der Waals surface area (Å²) in [6.07, 6.45) is 3.47. The Labute approximate surface area is 106 Å². The van der Waals surface area contributed by atoms with Gasteiger partial charge >= 0.3 is 5.97 Å². The minimum atomic E-state index is -0.988. The summed E-state index contributed by atoms with van der Waals surface area (Å²) in [5.41, 5.74) is 0.160. The second-order valence-electron chi connectivity index (χ2n) is 4.03. The molecule has 2 aromatic rings. The van der Waals surface area contributed by atoms with Gasteiger partial charge in [-0.05, 0) is 29.3 Å². The average Bonchev–Trinajstić information content (AvgIpc) is 2.92. The molecule has 0 aliphatic heterocycles. The van der Waals surface area contributed by atoms with Crippen LogP contribution in [-0.2, 0) is 5.75 Å². The summed E-state index contributed by atoms with van der Waals surface area (Å²) in [5, 5.41) is 21.0. The van der Waals surface area contributed by atoms with Crippen LogP contribution >= 0.6 is 11.8 Å². The van der Waals surface area contributed by atoms with E-state index in [9.17, 15) is 4.79 Å². The molecule has 1 aliphatic rings. The number of carboxylic acids is 1. The summed E-state index contributed by atoms with van der Waals surface area (Å²) in [6.45, 7) is 0. The van der Waals surface area contributed by atoms with Crippen molar-refractivity contribution in [2.75, 3.05) is 0 Å². The van der Waals surface area contributed by atoms with Gasteiger partial charge in [0.2, 0.25) is 5.16 Å². The van der Waals surface area contributed by atoms with Gasteiger partial charge in [0.05, 0.1) is 17.4 Å². The van der Waals surface area contributed by atoms with Crippen LogP contribution in [0.25, 0.3) is 0 Å². The third-order valence-corrected chi connectivity index (χ3v) is 3.56. The zero-order valence-corrected chi connectivity index (χ0v) is 10.1. The second kappa shape index (κ2) is 4.45. The fraction of sp³-hybridized carbons (Fsp3) is 0.400. The van der Waals surface area contributed by atoms with E-state index >= 15 is 0 Å². The summed E-state index contributed by atoms with van der Waals surface area (Å²) < 4.78 is 6.97. The lowest BCUT2D eigenvalue weighted by atomic mass is 10.3. The van der Waals surface area contributed by atoms with Crippen LogP contribution in [0.15, 0.2) is 21.9 Å².